The van der Waals surface area contributed by atoms with Gasteiger partial charge < -0.3 is 9.94 Å². The lowest BCUT2D eigenvalue weighted by Crippen LogP contribution is -2.18. The summed E-state index contributed by atoms with van der Waals surface area (Å²) in [6.07, 6.45) is 7.10. The van der Waals surface area contributed by atoms with Gasteiger partial charge in [-0.15, -0.1) is 4.73 Å². The number of aromatic nitrogens is 1. The van der Waals surface area contributed by atoms with Gasteiger partial charge in [0.05, 0.1) is 6.61 Å². The molecule has 0 aliphatic rings. The normalized spacial score (nSPS) is 10.4. The van der Waals surface area contributed by atoms with Gasteiger partial charge in [-0.1, -0.05) is 45.1 Å². The number of hydrogen-bond acceptors (Lipinski definition) is 3. The zero-order chi connectivity index (χ0) is 12.5. The third-order valence-corrected chi connectivity index (χ3v) is 2.64. The van der Waals surface area contributed by atoms with Gasteiger partial charge in [0.2, 0.25) is 5.88 Å². The van der Waals surface area contributed by atoms with E-state index >= 15 is 0 Å². The molecule has 0 spiro atoms. The fourth-order valence-electron chi connectivity index (χ4n) is 1.63. The predicted octanol–water partition coefficient (Wildman–Crippen LogP) is 2.82. The van der Waals surface area contributed by atoms with Crippen LogP contribution in [0.4, 0.5) is 0 Å². The molecule has 1 rings (SSSR count). The molecule has 17 heavy (non-hydrogen) atoms. The van der Waals surface area contributed by atoms with Crippen LogP contribution < -0.4 is 10.3 Å². The smallest absolute Gasteiger partial charge is 0.286 e. The van der Waals surface area contributed by atoms with Gasteiger partial charge >= 0.3 is 0 Å². The van der Waals surface area contributed by atoms with Crippen molar-refractivity contribution in [3.05, 3.63) is 28.6 Å². The molecule has 0 fully saturated rings. The molecule has 0 saturated heterocycles. The Bertz CT molecular complexity index is 373. The summed E-state index contributed by atoms with van der Waals surface area (Å²) in [4.78, 5) is 11.1. The van der Waals surface area contributed by atoms with Crippen molar-refractivity contribution in [1.29, 1.82) is 0 Å². The Hall–Kier alpha value is -1.45. The lowest BCUT2D eigenvalue weighted by atomic mass is 10.1. The second-order valence-electron chi connectivity index (χ2n) is 4.13. The second-order valence-corrected chi connectivity index (χ2v) is 4.13. The average Bonchev–Trinajstić information content (AvgIpc) is 2.33. The largest absolute Gasteiger partial charge is 0.477 e. The summed E-state index contributed by atoms with van der Waals surface area (Å²) in [5, 5.41) is 9.35. The highest BCUT2D eigenvalue weighted by atomic mass is 16.6. The molecule has 0 aromatic carbocycles. The quantitative estimate of drug-likeness (QED) is 0.560. The van der Waals surface area contributed by atoms with Crippen LogP contribution in [0.5, 0.6) is 5.88 Å². The third kappa shape index (κ3) is 4.93. The van der Waals surface area contributed by atoms with Crippen LogP contribution in [0.1, 0.15) is 45.4 Å². The average molecular weight is 239 g/mol. The van der Waals surface area contributed by atoms with E-state index in [1.165, 1.54) is 31.7 Å². The molecular weight excluding hydrogens is 218 g/mol. The van der Waals surface area contributed by atoms with Gasteiger partial charge in [-0.2, -0.15) is 0 Å². The topological polar surface area (TPSA) is 51.5 Å². The van der Waals surface area contributed by atoms with Crippen molar-refractivity contribution in [2.75, 3.05) is 6.61 Å². The van der Waals surface area contributed by atoms with E-state index in [-0.39, 0.29) is 5.88 Å². The number of nitrogens with zero attached hydrogens (tertiary/aromatic N) is 1. The van der Waals surface area contributed by atoms with Crippen LogP contribution in [-0.2, 0) is 0 Å². The minimum atomic E-state index is -0.467. The molecule has 0 amide bonds. The third-order valence-electron chi connectivity index (χ3n) is 2.64. The molecular formula is C13H21NO3. The number of rotatable bonds is 8. The number of unbranched alkanes of at least 4 members (excludes halogenated alkanes) is 5. The molecule has 1 N–H and O–H groups in total. The number of hydrogen-bond donors (Lipinski definition) is 1. The molecule has 4 heteroatoms. The van der Waals surface area contributed by atoms with Crippen molar-refractivity contribution in [1.82, 2.24) is 4.73 Å². The Morgan fingerprint density at radius 2 is 1.88 bits per heavy atom. The van der Waals surface area contributed by atoms with Gasteiger partial charge in [-0.05, 0) is 6.42 Å². The van der Waals surface area contributed by atoms with E-state index in [0.717, 1.165) is 12.8 Å². The van der Waals surface area contributed by atoms with Gasteiger partial charge in [0.15, 0.2) is 0 Å². The van der Waals surface area contributed by atoms with Crippen LogP contribution in [-0.4, -0.2) is 16.5 Å². The summed E-state index contributed by atoms with van der Waals surface area (Å²) in [5.74, 6) is 0.214. The van der Waals surface area contributed by atoms with Crippen molar-refractivity contribution in [2.45, 2.75) is 45.4 Å². The molecule has 1 aromatic heterocycles. The lowest BCUT2D eigenvalue weighted by molar-refractivity contribution is 0.128. The van der Waals surface area contributed by atoms with Crippen LogP contribution in [0.2, 0.25) is 0 Å². The summed E-state index contributed by atoms with van der Waals surface area (Å²) in [6.45, 7) is 2.73. The molecule has 4 nitrogen and oxygen atoms in total. The van der Waals surface area contributed by atoms with Crippen molar-refractivity contribution in [2.24, 2.45) is 0 Å². The van der Waals surface area contributed by atoms with E-state index in [4.69, 9.17) is 4.74 Å². The first-order valence-electron chi connectivity index (χ1n) is 6.30. The Kier molecular flexibility index (Phi) is 6.22. The Morgan fingerprint density at radius 3 is 2.65 bits per heavy atom. The minimum absolute atomic E-state index is 0.214. The van der Waals surface area contributed by atoms with E-state index in [9.17, 15) is 10.0 Å². The maximum Gasteiger partial charge on any atom is 0.286 e. The van der Waals surface area contributed by atoms with Gasteiger partial charge in [0, 0.05) is 12.1 Å². The number of pyridine rings is 1. The Balaban J connectivity index is 2.18. The summed E-state index contributed by atoms with van der Waals surface area (Å²) >= 11 is 0. The van der Waals surface area contributed by atoms with E-state index in [0.29, 0.717) is 11.3 Å². The highest BCUT2D eigenvalue weighted by molar-refractivity contribution is 5.10. The van der Waals surface area contributed by atoms with Crippen LogP contribution in [0.25, 0.3) is 0 Å². The SMILES string of the molecule is CCCCCCCCOc1cccc(=O)n1O. The van der Waals surface area contributed by atoms with Crippen molar-refractivity contribution in [3.63, 3.8) is 0 Å². The van der Waals surface area contributed by atoms with Crippen molar-refractivity contribution < 1.29 is 9.94 Å². The first-order chi connectivity index (χ1) is 8.25. The van der Waals surface area contributed by atoms with Crippen LogP contribution >= 0.6 is 0 Å². The van der Waals surface area contributed by atoms with E-state index in [1.807, 2.05) is 0 Å². The second kappa shape index (κ2) is 7.76. The summed E-state index contributed by atoms with van der Waals surface area (Å²) in [7, 11) is 0. The zero-order valence-corrected chi connectivity index (χ0v) is 10.4. The molecule has 0 aliphatic carbocycles. The standard InChI is InChI=1S/C13H21NO3/c1-2-3-4-5-6-7-11-17-13-10-8-9-12(15)14(13)16/h8-10,16H,2-7,11H2,1H3. The van der Waals surface area contributed by atoms with Gasteiger partial charge in [0.1, 0.15) is 0 Å². The molecule has 96 valence electrons. The summed E-state index contributed by atoms with van der Waals surface area (Å²) < 4.78 is 5.88. The van der Waals surface area contributed by atoms with Gasteiger partial charge in [-0.3, -0.25) is 4.79 Å². The predicted molar refractivity (Wildman–Crippen MR) is 66.8 cm³/mol. The Labute approximate surface area is 102 Å². The highest BCUT2D eigenvalue weighted by Gasteiger charge is 2.01. The molecule has 0 radical (unpaired) electrons. The first kappa shape index (κ1) is 13.6. The monoisotopic (exact) mass is 239 g/mol. The van der Waals surface area contributed by atoms with E-state index in [2.05, 4.69) is 6.92 Å². The van der Waals surface area contributed by atoms with E-state index in [1.54, 1.807) is 12.1 Å². The highest BCUT2D eigenvalue weighted by Crippen LogP contribution is 2.08. The molecule has 0 saturated carbocycles. The molecule has 0 aliphatic heterocycles. The maximum absolute atomic E-state index is 11.1. The molecule has 0 bridgehead atoms. The lowest BCUT2D eigenvalue weighted by Gasteiger charge is -2.08. The fraction of sp³-hybridized carbons (Fsp3) is 0.615. The van der Waals surface area contributed by atoms with Gasteiger partial charge in [0.25, 0.3) is 5.56 Å². The van der Waals surface area contributed by atoms with Crippen LogP contribution in [0, 0.1) is 0 Å². The number of ether oxygens (including phenoxy) is 1. The first-order valence-corrected chi connectivity index (χ1v) is 6.30. The molecule has 1 heterocycles. The molecule has 1 aromatic rings. The summed E-state index contributed by atoms with van der Waals surface area (Å²) in [5.41, 5.74) is -0.467. The van der Waals surface area contributed by atoms with Crippen LogP contribution in [0.3, 0.4) is 0 Å². The fourth-order valence-corrected chi connectivity index (χ4v) is 1.63. The van der Waals surface area contributed by atoms with Crippen LogP contribution in [0.15, 0.2) is 23.0 Å². The molecule has 0 atom stereocenters. The summed E-state index contributed by atoms with van der Waals surface area (Å²) in [6, 6.07) is 4.45. The van der Waals surface area contributed by atoms with Crippen molar-refractivity contribution in [3.8, 4) is 5.88 Å². The maximum atomic E-state index is 11.1. The zero-order valence-electron chi connectivity index (χ0n) is 10.4. The van der Waals surface area contributed by atoms with Gasteiger partial charge in [-0.25, -0.2) is 0 Å². The van der Waals surface area contributed by atoms with Crippen molar-refractivity contribution >= 4 is 0 Å². The minimum Gasteiger partial charge on any atom is -0.477 e. The Morgan fingerprint density at radius 1 is 1.18 bits per heavy atom. The van der Waals surface area contributed by atoms with E-state index < -0.39 is 5.56 Å². The molecule has 0 unspecified atom stereocenters.